The fraction of sp³-hybridized carbons (Fsp3) is 0.571. The summed E-state index contributed by atoms with van der Waals surface area (Å²) in [6.07, 6.45) is -0.616. The summed E-state index contributed by atoms with van der Waals surface area (Å²) in [5.74, 6) is 0.789. The van der Waals surface area contributed by atoms with E-state index in [9.17, 15) is 5.11 Å². The van der Waals surface area contributed by atoms with Gasteiger partial charge in [-0.05, 0) is 32.0 Å². The molecule has 4 nitrogen and oxygen atoms in total. The van der Waals surface area contributed by atoms with Crippen LogP contribution in [0.1, 0.15) is 39.3 Å². The largest absolute Gasteiger partial charge is 0.485 e. The van der Waals surface area contributed by atoms with E-state index in [2.05, 4.69) is 19.2 Å². The molecule has 0 aromatic heterocycles. The zero-order valence-corrected chi connectivity index (χ0v) is 11.4. The predicted molar refractivity (Wildman–Crippen MR) is 72.6 cm³/mol. The van der Waals surface area contributed by atoms with E-state index < -0.39 is 11.7 Å². The van der Waals surface area contributed by atoms with Crippen molar-refractivity contribution in [3.63, 3.8) is 0 Å². The van der Waals surface area contributed by atoms with Crippen LogP contribution in [-0.4, -0.2) is 22.9 Å². The number of ether oxygens (including phenoxy) is 1. The van der Waals surface area contributed by atoms with Crippen molar-refractivity contribution in [1.29, 1.82) is 0 Å². The van der Waals surface area contributed by atoms with Crippen molar-refractivity contribution in [2.75, 3.05) is 5.73 Å². The van der Waals surface area contributed by atoms with Gasteiger partial charge in [0.25, 0.3) is 0 Å². The van der Waals surface area contributed by atoms with Crippen LogP contribution in [0.15, 0.2) is 18.2 Å². The predicted octanol–water partition coefficient (Wildman–Crippen LogP) is 1.84. The molecule has 4 heteroatoms. The van der Waals surface area contributed by atoms with Gasteiger partial charge in [-0.2, -0.15) is 0 Å². The lowest BCUT2D eigenvalue weighted by Gasteiger charge is -2.43. The molecule has 0 bridgehead atoms. The van der Waals surface area contributed by atoms with E-state index in [1.165, 1.54) is 0 Å². The van der Waals surface area contributed by atoms with Gasteiger partial charge in [-0.3, -0.25) is 0 Å². The molecule has 0 radical (unpaired) electrons. The molecule has 0 spiro atoms. The van der Waals surface area contributed by atoms with Crippen molar-refractivity contribution in [3.8, 4) is 5.75 Å². The van der Waals surface area contributed by atoms with Crippen LogP contribution in [0.25, 0.3) is 0 Å². The molecule has 1 aromatic carbocycles. The SMILES string of the molecule is CC(C)N[C@H]1c2cc(N)ccc2OC(C)(C)[C@@H]1O. The Morgan fingerprint density at radius 2 is 2.06 bits per heavy atom. The highest BCUT2D eigenvalue weighted by Gasteiger charge is 2.42. The number of anilines is 1. The van der Waals surface area contributed by atoms with E-state index in [4.69, 9.17) is 10.5 Å². The van der Waals surface area contributed by atoms with Crippen LogP contribution in [0, 0.1) is 0 Å². The average Bonchev–Trinajstić information content (AvgIpc) is 2.25. The second kappa shape index (κ2) is 4.44. The molecular weight excluding hydrogens is 228 g/mol. The van der Waals surface area contributed by atoms with Crippen LogP contribution in [-0.2, 0) is 0 Å². The maximum Gasteiger partial charge on any atom is 0.131 e. The smallest absolute Gasteiger partial charge is 0.131 e. The molecule has 1 heterocycles. The molecule has 2 rings (SSSR count). The van der Waals surface area contributed by atoms with Crippen LogP contribution in [0.3, 0.4) is 0 Å². The first-order valence-electron chi connectivity index (χ1n) is 6.34. The highest BCUT2D eigenvalue weighted by atomic mass is 16.5. The van der Waals surface area contributed by atoms with Crippen LogP contribution in [0.2, 0.25) is 0 Å². The summed E-state index contributed by atoms with van der Waals surface area (Å²) in [5, 5.41) is 13.8. The fourth-order valence-corrected chi connectivity index (χ4v) is 2.36. The molecule has 0 aliphatic carbocycles. The highest BCUT2D eigenvalue weighted by Crippen LogP contribution is 2.40. The van der Waals surface area contributed by atoms with Crippen LogP contribution >= 0.6 is 0 Å². The minimum atomic E-state index is -0.616. The first-order valence-corrected chi connectivity index (χ1v) is 6.34. The monoisotopic (exact) mass is 250 g/mol. The van der Waals surface area contributed by atoms with Crippen molar-refractivity contribution >= 4 is 5.69 Å². The zero-order valence-electron chi connectivity index (χ0n) is 11.4. The molecule has 0 saturated heterocycles. The molecule has 18 heavy (non-hydrogen) atoms. The molecular formula is C14H22N2O2. The van der Waals surface area contributed by atoms with E-state index in [0.717, 1.165) is 11.3 Å². The summed E-state index contributed by atoms with van der Waals surface area (Å²) in [4.78, 5) is 0. The molecule has 4 N–H and O–H groups in total. The zero-order chi connectivity index (χ0) is 13.5. The van der Waals surface area contributed by atoms with Gasteiger partial charge in [-0.1, -0.05) is 13.8 Å². The number of nitrogens with one attached hydrogen (secondary N) is 1. The molecule has 1 aliphatic heterocycles. The summed E-state index contributed by atoms with van der Waals surface area (Å²) in [6, 6.07) is 5.67. The first-order chi connectivity index (χ1) is 8.31. The Balaban J connectivity index is 2.46. The molecule has 100 valence electrons. The lowest BCUT2D eigenvalue weighted by molar-refractivity contribution is -0.0658. The molecule has 1 aromatic rings. The third-order valence-corrected chi connectivity index (χ3v) is 3.28. The second-order valence-corrected chi connectivity index (χ2v) is 5.75. The van der Waals surface area contributed by atoms with E-state index in [1.807, 2.05) is 32.0 Å². The van der Waals surface area contributed by atoms with Gasteiger partial charge in [0.2, 0.25) is 0 Å². The van der Waals surface area contributed by atoms with E-state index >= 15 is 0 Å². The van der Waals surface area contributed by atoms with Gasteiger partial charge in [0, 0.05) is 17.3 Å². The number of rotatable bonds is 2. The van der Waals surface area contributed by atoms with E-state index in [1.54, 1.807) is 0 Å². The van der Waals surface area contributed by atoms with Crippen LogP contribution < -0.4 is 15.8 Å². The standard InChI is InChI=1S/C14H22N2O2/c1-8(2)16-12-10-7-9(15)5-6-11(10)18-14(3,4)13(12)17/h5-8,12-13,16-17H,15H2,1-4H3/t12-,13+/m0/s1. The molecule has 0 fully saturated rings. The van der Waals surface area contributed by atoms with Gasteiger partial charge in [0.15, 0.2) is 0 Å². The molecule has 0 saturated carbocycles. The van der Waals surface area contributed by atoms with Gasteiger partial charge in [0.05, 0.1) is 6.04 Å². The van der Waals surface area contributed by atoms with E-state index in [0.29, 0.717) is 5.69 Å². The lowest BCUT2D eigenvalue weighted by Crippen LogP contribution is -2.53. The molecule has 0 amide bonds. The second-order valence-electron chi connectivity index (χ2n) is 5.75. The number of aliphatic hydroxyl groups is 1. The number of fused-ring (bicyclic) bond motifs is 1. The van der Waals surface area contributed by atoms with Crippen LogP contribution in [0.4, 0.5) is 5.69 Å². The van der Waals surface area contributed by atoms with Crippen molar-refractivity contribution in [2.45, 2.75) is 51.5 Å². The molecule has 0 unspecified atom stereocenters. The Morgan fingerprint density at radius 1 is 1.39 bits per heavy atom. The number of benzene rings is 1. The Morgan fingerprint density at radius 3 is 2.67 bits per heavy atom. The maximum absolute atomic E-state index is 10.5. The van der Waals surface area contributed by atoms with Crippen molar-refractivity contribution in [3.05, 3.63) is 23.8 Å². The Bertz CT molecular complexity index is 443. The number of nitrogen functional groups attached to an aromatic ring is 1. The molecule has 2 atom stereocenters. The van der Waals surface area contributed by atoms with Gasteiger partial charge in [-0.25, -0.2) is 0 Å². The fourth-order valence-electron chi connectivity index (χ4n) is 2.36. The Hall–Kier alpha value is -1.26. The number of hydrogen-bond donors (Lipinski definition) is 3. The van der Waals surface area contributed by atoms with Gasteiger partial charge in [-0.15, -0.1) is 0 Å². The summed E-state index contributed by atoms with van der Waals surface area (Å²) >= 11 is 0. The third kappa shape index (κ3) is 2.31. The minimum Gasteiger partial charge on any atom is -0.485 e. The highest BCUT2D eigenvalue weighted by molar-refractivity contribution is 5.51. The minimum absolute atomic E-state index is 0.160. The van der Waals surface area contributed by atoms with Crippen molar-refractivity contribution in [1.82, 2.24) is 5.32 Å². The average molecular weight is 250 g/mol. The van der Waals surface area contributed by atoms with Crippen molar-refractivity contribution in [2.24, 2.45) is 0 Å². The normalized spacial score (nSPS) is 25.7. The summed E-state index contributed by atoms with van der Waals surface area (Å²) in [6.45, 7) is 7.90. The topological polar surface area (TPSA) is 67.5 Å². The molecule has 1 aliphatic rings. The number of nitrogens with two attached hydrogens (primary N) is 1. The Kier molecular flexibility index (Phi) is 3.25. The number of aliphatic hydroxyl groups excluding tert-OH is 1. The summed E-state index contributed by atoms with van der Waals surface area (Å²) < 4.78 is 5.85. The van der Waals surface area contributed by atoms with Crippen molar-refractivity contribution < 1.29 is 9.84 Å². The maximum atomic E-state index is 10.5. The lowest BCUT2D eigenvalue weighted by atomic mass is 9.86. The van der Waals surface area contributed by atoms with Crippen LogP contribution in [0.5, 0.6) is 5.75 Å². The third-order valence-electron chi connectivity index (χ3n) is 3.28. The van der Waals surface area contributed by atoms with Gasteiger partial charge >= 0.3 is 0 Å². The quantitative estimate of drug-likeness (QED) is 0.701. The summed E-state index contributed by atoms with van der Waals surface area (Å²) in [7, 11) is 0. The van der Waals surface area contributed by atoms with Gasteiger partial charge in [0.1, 0.15) is 17.5 Å². The summed E-state index contributed by atoms with van der Waals surface area (Å²) in [5.41, 5.74) is 6.81. The Labute approximate surface area is 108 Å². The van der Waals surface area contributed by atoms with E-state index in [-0.39, 0.29) is 12.1 Å². The number of hydrogen-bond acceptors (Lipinski definition) is 4. The van der Waals surface area contributed by atoms with Gasteiger partial charge < -0.3 is 20.9 Å². The first kappa shape index (κ1) is 13.2.